The predicted octanol–water partition coefficient (Wildman–Crippen LogP) is 8.44. The van der Waals surface area contributed by atoms with E-state index < -0.39 is 23.7 Å². The quantitative estimate of drug-likeness (QED) is 0.0490. The van der Waals surface area contributed by atoms with Gasteiger partial charge in [-0.25, -0.2) is 19.0 Å². The SMILES string of the molecule is CC[C@@]1(O)C(=O)OCc2c1cc1n(c2=O)Cc2c-1nc1cc(F)c(C)c3c1c2[C@@H](NC(=O)OCC1(SSCCN2CCN(Cc4ccc5c(c4)CN(C(=O)c4cc(C(C)C)c(O)cc4O)C5)CC2)CCCC1)CC3. The number of pyridine rings is 2. The number of cyclic esters (lactones) is 1. The summed E-state index contributed by atoms with van der Waals surface area (Å²) in [5.74, 6) is -0.711. The maximum absolute atomic E-state index is 15.5. The van der Waals surface area contributed by atoms with Crippen molar-refractivity contribution in [2.45, 2.75) is 128 Å². The second kappa shape index (κ2) is 19.8. The molecule has 6 heterocycles. The van der Waals surface area contributed by atoms with Crippen LogP contribution in [0.25, 0.3) is 22.3 Å². The molecule has 390 valence electrons. The van der Waals surface area contributed by atoms with E-state index in [1.807, 2.05) is 35.4 Å². The number of carbonyl (C=O) groups excluding carboxylic acids is 3. The van der Waals surface area contributed by atoms with Gasteiger partial charge in [0.15, 0.2) is 5.60 Å². The minimum atomic E-state index is -1.99. The van der Waals surface area contributed by atoms with E-state index in [0.29, 0.717) is 54.0 Å². The highest BCUT2D eigenvalue weighted by molar-refractivity contribution is 8.77. The molecule has 1 saturated carbocycles. The molecule has 15 nitrogen and oxygen atoms in total. The first kappa shape index (κ1) is 50.5. The Bertz CT molecular complexity index is 3190. The van der Waals surface area contributed by atoms with Gasteiger partial charge < -0.3 is 39.6 Å². The molecule has 0 unspecified atom stereocenters. The zero-order valence-corrected chi connectivity index (χ0v) is 44.0. The monoisotopic (exact) mass is 1050 g/mol. The number of ether oxygens (including phenoxy) is 2. The van der Waals surface area contributed by atoms with Gasteiger partial charge in [0, 0.05) is 86.8 Å². The molecule has 0 radical (unpaired) electrons. The number of aliphatic hydroxyl groups is 1. The summed E-state index contributed by atoms with van der Waals surface area (Å²) in [5.41, 5.74) is 6.49. The van der Waals surface area contributed by atoms with Crippen LogP contribution in [0.5, 0.6) is 11.5 Å². The molecule has 2 fully saturated rings. The first-order valence-electron chi connectivity index (χ1n) is 26.0. The fourth-order valence-electron chi connectivity index (χ4n) is 12.2. The number of halogens is 1. The van der Waals surface area contributed by atoms with Crippen molar-refractivity contribution in [3.8, 4) is 22.9 Å². The summed E-state index contributed by atoms with van der Waals surface area (Å²) < 4.78 is 28.3. The van der Waals surface area contributed by atoms with E-state index in [1.54, 1.807) is 35.4 Å². The standard InChI is InChI=1S/C56H63FN6O9S2/c1-5-56(70)41-22-45-50-39(28-63(45)52(67)40(41)29-71-53(56)68)49-43(11-10-36-32(4)42(57)23-44(58-50)48(36)49)59-54(69)72-30-55(12-6-7-13-55)74-73-19-18-60-14-16-61(17-15-60)25-33-8-9-34-26-62(27-35(34)20-33)51(66)38-21-37(31(2)3)46(64)24-47(38)65/h8-9,20-24,31,43,64-65,70H,5-7,10-19,25-30H2,1-4H3,(H,59,69)/t43-,56-/m0/s1. The molecule has 4 aliphatic heterocycles. The van der Waals surface area contributed by atoms with E-state index in [1.165, 1.54) is 17.7 Å². The Morgan fingerprint density at radius 2 is 1.72 bits per heavy atom. The van der Waals surface area contributed by atoms with Gasteiger partial charge in [0.05, 0.1) is 45.4 Å². The topological polar surface area (TPSA) is 187 Å². The molecule has 2 aliphatic carbocycles. The fraction of sp³-hybridized carbons (Fsp3) is 0.482. The van der Waals surface area contributed by atoms with E-state index in [-0.39, 0.29) is 82.3 Å². The van der Waals surface area contributed by atoms with Crippen LogP contribution in [0.15, 0.2) is 47.3 Å². The molecular weight excluding hydrogens is 984 g/mol. The van der Waals surface area contributed by atoms with Crippen molar-refractivity contribution in [2.75, 3.05) is 45.1 Å². The van der Waals surface area contributed by atoms with Gasteiger partial charge >= 0.3 is 12.1 Å². The van der Waals surface area contributed by atoms with Crippen molar-refractivity contribution >= 4 is 50.5 Å². The van der Waals surface area contributed by atoms with Crippen molar-refractivity contribution in [1.29, 1.82) is 0 Å². The number of hydrogen-bond donors (Lipinski definition) is 4. The van der Waals surface area contributed by atoms with Crippen molar-refractivity contribution in [1.82, 2.24) is 29.6 Å². The third-order valence-electron chi connectivity index (χ3n) is 16.5. The number of benzene rings is 3. The minimum absolute atomic E-state index is 0.00433. The molecule has 1 saturated heterocycles. The van der Waals surface area contributed by atoms with Gasteiger partial charge in [0.25, 0.3) is 11.5 Å². The molecule has 0 bridgehead atoms. The van der Waals surface area contributed by atoms with Gasteiger partial charge in [0.2, 0.25) is 0 Å². The molecule has 3 aromatic carbocycles. The molecule has 2 aromatic heterocycles. The van der Waals surface area contributed by atoms with Crippen LogP contribution in [0.3, 0.4) is 0 Å². The molecule has 2 amide bonds. The van der Waals surface area contributed by atoms with Gasteiger partial charge in [-0.15, -0.1) is 0 Å². The first-order chi connectivity index (χ1) is 35.5. The van der Waals surface area contributed by atoms with Gasteiger partial charge in [-0.05, 0) is 96.0 Å². The van der Waals surface area contributed by atoms with Crippen molar-refractivity contribution in [3.63, 3.8) is 0 Å². The molecule has 5 aromatic rings. The highest BCUT2D eigenvalue weighted by Crippen LogP contribution is 2.49. The molecule has 11 rings (SSSR count). The number of nitrogens with zero attached hydrogens (tertiary/aromatic N) is 5. The Kier molecular flexibility index (Phi) is 13.5. The number of nitrogens with one attached hydrogen (secondary N) is 1. The second-order valence-corrected chi connectivity index (χ2v) is 24.3. The minimum Gasteiger partial charge on any atom is -0.508 e. The molecule has 18 heteroatoms. The summed E-state index contributed by atoms with van der Waals surface area (Å²) in [6, 6.07) is 11.9. The number of aromatic hydroxyl groups is 2. The number of phenolic OH excluding ortho intramolecular Hbond substituents is 2. The number of amides is 2. The number of aromatic nitrogens is 2. The third kappa shape index (κ3) is 9.01. The average molecular weight is 1050 g/mol. The van der Waals surface area contributed by atoms with Crippen LogP contribution in [0, 0.1) is 12.7 Å². The number of phenols is 2. The summed E-state index contributed by atoms with van der Waals surface area (Å²) in [5, 5.41) is 36.2. The number of fused-ring (bicyclic) bond motifs is 6. The number of hydrogen-bond acceptors (Lipinski definition) is 14. The largest absolute Gasteiger partial charge is 0.508 e. The number of alkyl carbamates (subject to hydrolysis) is 1. The van der Waals surface area contributed by atoms with Crippen LogP contribution in [0.4, 0.5) is 9.18 Å². The normalized spacial score (nSPS) is 20.9. The van der Waals surface area contributed by atoms with Crippen LogP contribution in [-0.2, 0) is 59.1 Å². The summed E-state index contributed by atoms with van der Waals surface area (Å²) in [6.45, 7) is 14.1. The van der Waals surface area contributed by atoms with E-state index in [2.05, 4.69) is 33.3 Å². The van der Waals surface area contributed by atoms with Crippen LogP contribution >= 0.6 is 21.6 Å². The van der Waals surface area contributed by atoms with Gasteiger partial charge in [-0.1, -0.05) is 73.4 Å². The van der Waals surface area contributed by atoms with E-state index >= 15 is 4.39 Å². The van der Waals surface area contributed by atoms with Crippen molar-refractivity contribution in [2.24, 2.45) is 0 Å². The Hall–Kier alpha value is -5.66. The maximum atomic E-state index is 15.5. The molecule has 6 aliphatic rings. The lowest BCUT2D eigenvalue weighted by atomic mass is 9.81. The first-order valence-corrected chi connectivity index (χ1v) is 28.3. The van der Waals surface area contributed by atoms with Crippen molar-refractivity contribution < 1.29 is 43.6 Å². The molecule has 74 heavy (non-hydrogen) atoms. The molecular formula is C56H63FN6O9S2. The number of rotatable bonds is 13. The number of piperazine rings is 1. The zero-order chi connectivity index (χ0) is 51.8. The molecule has 2 atom stereocenters. The van der Waals surface area contributed by atoms with Crippen LogP contribution in [0.1, 0.15) is 137 Å². The van der Waals surface area contributed by atoms with Gasteiger partial charge in [-0.2, -0.15) is 0 Å². The highest BCUT2D eigenvalue weighted by Gasteiger charge is 2.46. The zero-order valence-electron chi connectivity index (χ0n) is 42.4. The Balaban J connectivity index is 0.685. The fourth-order valence-corrected chi connectivity index (χ4v) is 15.3. The third-order valence-corrected chi connectivity index (χ3v) is 19.8. The van der Waals surface area contributed by atoms with Gasteiger partial charge in [-0.3, -0.25) is 19.4 Å². The second-order valence-electron chi connectivity index (χ2n) is 21.4. The van der Waals surface area contributed by atoms with Crippen LogP contribution in [0.2, 0.25) is 0 Å². The van der Waals surface area contributed by atoms with E-state index in [0.717, 1.165) is 104 Å². The summed E-state index contributed by atoms with van der Waals surface area (Å²) in [6.07, 6.45) is 4.54. The lowest BCUT2D eigenvalue weighted by Gasteiger charge is -2.35. The maximum Gasteiger partial charge on any atom is 0.407 e. The number of carbonyl (C=O) groups is 3. The highest BCUT2D eigenvalue weighted by atomic mass is 33.1. The Labute approximate surface area is 437 Å². The molecule has 0 spiro atoms. The van der Waals surface area contributed by atoms with E-state index in [4.69, 9.17) is 14.5 Å². The van der Waals surface area contributed by atoms with Crippen molar-refractivity contribution in [3.05, 3.63) is 120 Å². The molecule has 4 N–H and O–H groups in total. The number of aryl methyl sites for hydroxylation is 1. The predicted molar refractivity (Wildman–Crippen MR) is 282 cm³/mol. The lowest BCUT2D eigenvalue weighted by Crippen LogP contribution is -2.46. The Morgan fingerprint density at radius 3 is 2.47 bits per heavy atom. The van der Waals surface area contributed by atoms with Crippen LogP contribution < -0.4 is 10.9 Å². The average Bonchev–Trinajstić information content (AvgIpc) is 4.19. The van der Waals surface area contributed by atoms with E-state index in [9.17, 15) is 34.5 Å². The summed E-state index contributed by atoms with van der Waals surface area (Å²) >= 11 is 0. The number of esters is 1. The summed E-state index contributed by atoms with van der Waals surface area (Å²) in [4.78, 5) is 66.0. The Morgan fingerprint density at radius 1 is 0.959 bits per heavy atom. The summed E-state index contributed by atoms with van der Waals surface area (Å²) in [7, 11) is 3.69. The smallest absolute Gasteiger partial charge is 0.407 e. The lowest BCUT2D eigenvalue weighted by molar-refractivity contribution is -0.172. The van der Waals surface area contributed by atoms with Crippen LogP contribution in [-0.4, -0.2) is 107 Å². The van der Waals surface area contributed by atoms with Gasteiger partial charge in [0.1, 0.15) is 30.5 Å².